The van der Waals surface area contributed by atoms with E-state index in [1.54, 1.807) is 6.07 Å². The fourth-order valence-electron chi connectivity index (χ4n) is 2.28. The van der Waals surface area contributed by atoms with Crippen LogP contribution in [0, 0.1) is 0 Å². The second-order valence-corrected chi connectivity index (χ2v) is 6.51. The van der Waals surface area contributed by atoms with Crippen molar-refractivity contribution in [2.24, 2.45) is 0 Å². The summed E-state index contributed by atoms with van der Waals surface area (Å²) in [7, 11) is 0. The number of aliphatic hydroxyl groups is 1. The molecule has 0 bridgehead atoms. The van der Waals surface area contributed by atoms with Crippen LogP contribution in [0.4, 0.5) is 5.82 Å². The Morgan fingerprint density at radius 3 is 2.89 bits per heavy atom. The summed E-state index contributed by atoms with van der Waals surface area (Å²) in [5.74, 6) is 1.04. The molecule has 1 atom stereocenters. The van der Waals surface area contributed by atoms with Crippen LogP contribution >= 0.6 is 23.4 Å². The number of nitrogens with zero attached hydrogens (tertiary/aromatic N) is 1. The summed E-state index contributed by atoms with van der Waals surface area (Å²) in [5.41, 5.74) is 6.40. The molecule has 0 aliphatic heterocycles. The van der Waals surface area contributed by atoms with E-state index >= 15 is 0 Å². The lowest BCUT2D eigenvalue weighted by atomic mass is 10.0. The van der Waals surface area contributed by atoms with Crippen LogP contribution in [0.5, 0.6) is 0 Å². The van der Waals surface area contributed by atoms with Crippen LogP contribution in [0.1, 0.15) is 43.8 Å². The van der Waals surface area contributed by atoms with Crippen molar-refractivity contribution in [1.82, 2.24) is 4.98 Å². The van der Waals surface area contributed by atoms with Crippen molar-refractivity contribution in [3.05, 3.63) is 22.8 Å². The molecule has 1 aliphatic rings. The number of nitrogen functional groups attached to an aromatic ring is 1. The average Bonchev–Trinajstić information content (AvgIpc) is 2.40. The molecule has 18 heavy (non-hydrogen) atoms. The van der Waals surface area contributed by atoms with Gasteiger partial charge in [-0.15, -0.1) is 0 Å². The van der Waals surface area contributed by atoms with Gasteiger partial charge >= 0.3 is 0 Å². The molecule has 2 rings (SSSR count). The molecule has 1 aliphatic carbocycles. The van der Waals surface area contributed by atoms with Crippen LogP contribution in [0.15, 0.2) is 12.3 Å². The number of nitrogens with two attached hydrogens (primary N) is 1. The average molecular weight is 287 g/mol. The molecule has 1 unspecified atom stereocenters. The number of hydrogen-bond donors (Lipinski definition) is 2. The van der Waals surface area contributed by atoms with Gasteiger partial charge in [0.2, 0.25) is 0 Å². The Balaban J connectivity index is 1.90. The molecule has 1 heterocycles. The normalized spacial score (nSPS) is 18.8. The van der Waals surface area contributed by atoms with Crippen molar-refractivity contribution >= 4 is 29.2 Å². The van der Waals surface area contributed by atoms with E-state index in [0.717, 1.165) is 0 Å². The number of aromatic nitrogens is 1. The minimum absolute atomic E-state index is 0.371. The second kappa shape index (κ2) is 6.64. The van der Waals surface area contributed by atoms with E-state index in [4.69, 9.17) is 17.3 Å². The summed E-state index contributed by atoms with van der Waals surface area (Å²) in [6.07, 6.45) is 7.43. The Kier molecular flexibility index (Phi) is 5.15. The van der Waals surface area contributed by atoms with Gasteiger partial charge in [0.25, 0.3) is 0 Å². The molecule has 3 nitrogen and oxygen atoms in total. The monoisotopic (exact) mass is 286 g/mol. The van der Waals surface area contributed by atoms with Crippen LogP contribution in [-0.2, 0) is 0 Å². The van der Waals surface area contributed by atoms with Crippen LogP contribution in [0.2, 0.25) is 5.02 Å². The molecule has 1 aromatic rings. The number of thioether (sulfide) groups is 1. The third kappa shape index (κ3) is 3.77. The van der Waals surface area contributed by atoms with Gasteiger partial charge in [-0.2, -0.15) is 11.8 Å². The minimum atomic E-state index is -0.580. The zero-order valence-electron chi connectivity index (χ0n) is 10.3. The van der Waals surface area contributed by atoms with Gasteiger partial charge in [0, 0.05) is 22.8 Å². The van der Waals surface area contributed by atoms with Crippen LogP contribution in [0.25, 0.3) is 0 Å². The van der Waals surface area contributed by atoms with Crippen molar-refractivity contribution < 1.29 is 5.11 Å². The van der Waals surface area contributed by atoms with Gasteiger partial charge in [-0.1, -0.05) is 30.9 Å². The molecule has 0 amide bonds. The van der Waals surface area contributed by atoms with Crippen molar-refractivity contribution in [3.63, 3.8) is 0 Å². The highest BCUT2D eigenvalue weighted by Crippen LogP contribution is 2.32. The van der Waals surface area contributed by atoms with Gasteiger partial charge in [0.15, 0.2) is 0 Å². The van der Waals surface area contributed by atoms with E-state index in [1.165, 1.54) is 38.3 Å². The van der Waals surface area contributed by atoms with Crippen LogP contribution in [-0.4, -0.2) is 21.1 Å². The number of anilines is 1. The topological polar surface area (TPSA) is 59.1 Å². The van der Waals surface area contributed by atoms with E-state index in [-0.39, 0.29) is 0 Å². The maximum Gasteiger partial charge on any atom is 0.129 e. The predicted octanol–water partition coefficient (Wildman–Crippen LogP) is 3.42. The lowest BCUT2D eigenvalue weighted by molar-refractivity contribution is 0.204. The fourth-order valence-corrected chi connectivity index (χ4v) is 3.75. The third-order valence-electron chi connectivity index (χ3n) is 3.32. The molecule has 5 heteroatoms. The lowest BCUT2D eigenvalue weighted by Crippen LogP contribution is -2.12. The maximum atomic E-state index is 10.2. The molecule has 1 saturated carbocycles. The van der Waals surface area contributed by atoms with Crippen LogP contribution < -0.4 is 5.73 Å². The molecule has 0 spiro atoms. The molecular weight excluding hydrogens is 268 g/mol. The van der Waals surface area contributed by atoms with Crippen molar-refractivity contribution in [2.75, 3.05) is 11.5 Å². The Hall–Kier alpha value is -0.450. The lowest BCUT2D eigenvalue weighted by Gasteiger charge is -2.22. The van der Waals surface area contributed by atoms with Gasteiger partial charge < -0.3 is 10.8 Å². The summed E-state index contributed by atoms with van der Waals surface area (Å²) in [5, 5.41) is 11.4. The van der Waals surface area contributed by atoms with Gasteiger partial charge in [-0.3, -0.25) is 0 Å². The first-order valence-electron chi connectivity index (χ1n) is 6.37. The summed E-state index contributed by atoms with van der Waals surface area (Å²) in [4.78, 5) is 3.97. The molecule has 0 radical (unpaired) electrons. The first-order chi connectivity index (χ1) is 8.66. The molecule has 0 aromatic carbocycles. The summed E-state index contributed by atoms with van der Waals surface area (Å²) in [6, 6.07) is 1.70. The highest BCUT2D eigenvalue weighted by Gasteiger charge is 2.18. The smallest absolute Gasteiger partial charge is 0.129 e. The second-order valence-electron chi connectivity index (χ2n) is 4.74. The van der Waals surface area contributed by atoms with Gasteiger partial charge in [-0.05, 0) is 18.9 Å². The Bertz CT molecular complexity index is 397. The summed E-state index contributed by atoms with van der Waals surface area (Å²) < 4.78 is 0. The van der Waals surface area contributed by atoms with Crippen molar-refractivity contribution in [2.45, 2.75) is 43.5 Å². The van der Waals surface area contributed by atoms with E-state index in [1.807, 2.05) is 11.8 Å². The number of rotatable bonds is 4. The Morgan fingerprint density at radius 1 is 1.44 bits per heavy atom. The van der Waals surface area contributed by atoms with E-state index in [0.29, 0.717) is 27.4 Å². The third-order valence-corrected chi connectivity index (χ3v) is 4.97. The van der Waals surface area contributed by atoms with E-state index in [2.05, 4.69) is 4.98 Å². The maximum absolute atomic E-state index is 10.2. The SMILES string of the molecule is Nc1ncc(Cl)cc1C(O)CSC1CCCCC1. The highest BCUT2D eigenvalue weighted by atomic mass is 35.5. The summed E-state index contributed by atoms with van der Waals surface area (Å²) >= 11 is 7.71. The van der Waals surface area contributed by atoms with Crippen LogP contribution in [0.3, 0.4) is 0 Å². The van der Waals surface area contributed by atoms with E-state index in [9.17, 15) is 5.11 Å². The number of pyridine rings is 1. The van der Waals surface area contributed by atoms with Crippen molar-refractivity contribution in [3.8, 4) is 0 Å². The Morgan fingerprint density at radius 2 is 2.17 bits per heavy atom. The predicted molar refractivity (Wildman–Crippen MR) is 78.0 cm³/mol. The molecule has 1 aromatic heterocycles. The minimum Gasteiger partial charge on any atom is -0.387 e. The van der Waals surface area contributed by atoms with Gasteiger partial charge in [0.1, 0.15) is 5.82 Å². The number of aliphatic hydroxyl groups excluding tert-OH is 1. The van der Waals surface area contributed by atoms with E-state index < -0.39 is 6.10 Å². The number of halogens is 1. The first-order valence-corrected chi connectivity index (χ1v) is 7.80. The molecular formula is C13H19ClN2OS. The van der Waals surface area contributed by atoms with Gasteiger partial charge in [-0.25, -0.2) is 4.98 Å². The quantitative estimate of drug-likeness (QED) is 0.890. The molecule has 1 fully saturated rings. The zero-order chi connectivity index (χ0) is 13.0. The fraction of sp³-hybridized carbons (Fsp3) is 0.615. The molecule has 0 saturated heterocycles. The number of hydrogen-bond acceptors (Lipinski definition) is 4. The van der Waals surface area contributed by atoms with Crippen molar-refractivity contribution in [1.29, 1.82) is 0 Å². The molecule has 3 N–H and O–H groups in total. The first kappa shape index (κ1) is 14.0. The largest absolute Gasteiger partial charge is 0.387 e. The summed E-state index contributed by atoms with van der Waals surface area (Å²) in [6.45, 7) is 0. The zero-order valence-corrected chi connectivity index (χ0v) is 11.9. The Labute approximate surface area is 117 Å². The van der Waals surface area contributed by atoms with Gasteiger partial charge in [0.05, 0.1) is 11.1 Å². The standard InChI is InChI=1S/C13H19ClN2OS/c14-9-6-11(13(15)16-7-9)12(17)8-18-10-4-2-1-3-5-10/h6-7,10,12,17H,1-5,8H2,(H2,15,16). The molecule has 100 valence electrons. The highest BCUT2D eigenvalue weighted by molar-refractivity contribution is 7.99.